The van der Waals surface area contributed by atoms with Gasteiger partial charge in [-0.1, -0.05) is 53.5 Å². The molecular formula is C14H11Cl2NOS. The van der Waals surface area contributed by atoms with E-state index >= 15 is 0 Å². The van der Waals surface area contributed by atoms with Gasteiger partial charge >= 0.3 is 0 Å². The smallest absolute Gasteiger partial charge is 0.235 e. The summed E-state index contributed by atoms with van der Waals surface area (Å²) in [7, 11) is 0. The lowest BCUT2D eigenvalue weighted by atomic mass is 10.1. The minimum Gasteiger partial charge on any atom is -0.368 e. The average molecular weight is 312 g/mol. The van der Waals surface area contributed by atoms with Gasteiger partial charge in [0.2, 0.25) is 5.91 Å². The van der Waals surface area contributed by atoms with Crippen LogP contribution < -0.4 is 5.73 Å². The van der Waals surface area contributed by atoms with Crippen LogP contribution in [0.1, 0.15) is 10.8 Å². The summed E-state index contributed by atoms with van der Waals surface area (Å²) in [5.41, 5.74) is 6.31. The third-order valence-corrected chi connectivity index (χ3v) is 4.51. The molecule has 19 heavy (non-hydrogen) atoms. The van der Waals surface area contributed by atoms with Gasteiger partial charge in [-0.3, -0.25) is 4.79 Å². The Morgan fingerprint density at radius 2 is 1.79 bits per heavy atom. The lowest BCUT2D eigenvalue weighted by Gasteiger charge is -2.14. The number of primary amides is 1. The van der Waals surface area contributed by atoms with E-state index in [1.54, 1.807) is 18.2 Å². The van der Waals surface area contributed by atoms with Crippen molar-refractivity contribution in [3.63, 3.8) is 0 Å². The number of halogens is 2. The average Bonchev–Trinajstić information content (AvgIpc) is 2.40. The predicted molar refractivity (Wildman–Crippen MR) is 80.7 cm³/mol. The van der Waals surface area contributed by atoms with Gasteiger partial charge < -0.3 is 5.73 Å². The Kier molecular flexibility index (Phi) is 4.75. The summed E-state index contributed by atoms with van der Waals surface area (Å²) < 4.78 is 0. The Labute approximate surface area is 125 Å². The molecule has 0 heterocycles. The van der Waals surface area contributed by atoms with Gasteiger partial charge in [0.05, 0.1) is 5.02 Å². The molecule has 5 heteroatoms. The van der Waals surface area contributed by atoms with Crippen molar-refractivity contribution in [2.75, 3.05) is 0 Å². The van der Waals surface area contributed by atoms with Gasteiger partial charge in [0.15, 0.2) is 0 Å². The molecule has 98 valence electrons. The van der Waals surface area contributed by atoms with Crippen molar-refractivity contribution in [1.82, 2.24) is 0 Å². The lowest BCUT2D eigenvalue weighted by Crippen LogP contribution is -2.18. The third-order valence-electron chi connectivity index (χ3n) is 2.50. The molecule has 0 spiro atoms. The quantitative estimate of drug-likeness (QED) is 0.855. The van der Waals surface area contributed by atoms with Crippen molar-refractivity contribution in [3.8, 4) is 0 Å². The Morgan fingerprint density at radius 3 is 2.42 bits per heavy atom. The highest BCUT2D eigenvalue weighted by molar-refractivity contribution is 8.00. The van der Waals surface area contributed by atoms with Gasteiger partial charge in [-0.25, -0.2) is 0 Å². The molecule has 0 aliphatic rings. The van der Waals surface area contributed by atoms with E-state index in [-0.39, 0.29) is 0 Å². The molecular weight excluding hydrogens is 301 g/mol. The molecule has 0 saturated carbocycles. The minimum absolute atomic E-state index is 0.410. The maximum atomic E-state index is 11.6. The van der Waals surface area contributed by atoms with Crippen LogP contribution in [-0.2, 0) is 4.79 Å². The first-order valence-corrected chi connectivity index (χ1v) is 7.17. The number of rotatable bonds is 4. The highest BCUT2D eigenvalue weighted by Gasteiger charge is 2.20. The van der Waals surface area contributed by atoms with Crippen LogP contribution in [-0.4, -0.2) is 5.91 Å². The summed E-state index contributed by atoms with van der Waals surface area (Å²) in [4.78, 5) is 12.4. The number of carbonyl (C=O) groups is 1. The SMILES string of the molecule is NC(=O)C(Sc1cc(Cl)ccc1Cl)c1ccccc1. The van der Waals surface area contributed by atoms with Crippen LogP contribution in [0.5, 0.6) is 0 Å². The van der Waals surface area contributed by atoms with Crippen molar-refractivity contribution in [2.45, 2.75) is 10.1 Å². The predicted octanol–water partition coefficient (Wildman–Crippen LogP) is 4.31. The largest absolute Gasteiger partial charge is 0.368 e. The highest BCUT2D eigenvalue weighted by atomic mass is 35.5. The summed E-state index contributed by atoms with van der Waals surface area (Å²) in [6.45, 7) is 0. The zero-order valence-electron chi connectivity index (χ0n) is 9.85. The van der Waals surface area contributed by atoms with Crippen LogP contribution in [0.25, 0.3) is 0 Å². The molecule has 1 atom stereocenters. The number of amides is 1. The van der Waals surface area contributed by atoms with E-state index in [1.165, 1.54) is 11.8 Å². The standard InChI is InChI=1S/C14H11Cl2NOS/c15-10-6-7-11(16)12(8-10)19-13(14(17)18)9-4-2-1-3-5-9/h1-8,13H,(H2,17,18). The molecule has 2 rings (SSSR count). The van der Waals surface area contributed by atoms with Crippen LogP contribution in [0.3, 0.4) is 0 Å². The second-order valence-electron chi connectivity index (χ2n) is 3.89. The molecule has 0 aliphatic heterocycles. The number of nitrogens with two attached hydrogens (primary N) is 1. The van der Waals surface area contributed by atoms with Gasteiger partial charge in [0, 0.05) is 9.92 Å². The van der Waals surface area contributed by atoms with Crippen molar-refractivity contribution < 1.29 is 4.79 Å². The monoisotopic (exact) mass is 311 g/mol. The second kappa shape index (κ2) is 6.33. The normalized spacial score (nSPS) is 12.1. The van der Waals surface area contributed by atoms with Crippen LogP contribution in [0.15, 0.2) is 53.4 Å². The van der Waals surface area contributed by atoms with Crippen molar-refractivity contribution >= 4 is 40.9 Å². The zero-order chi connectivity index (χ0) is 13.8. The molecule has 0 radical (unpaired) electrons. The van der Waals surface area contributed by atoms with Gasteiger partial charge in [-0.15, -0.1) is 11.8 Å². The fourth-order valence-electron chi connectivity index (χ4n) is 1.61. The maximum absolute atomic E-state index is 11.6. The summed E-state index contributed by atoms with van der Waals surface area (Å²) in [5.74, 6) is -0.410. The maximum Gasteiger partial charge on any atom is 0.235 e. The number of hydrogen-bond donors (Lipinski definition) is 1. The van der Waals surface area contributed by atoms with Crippen molar-refractivity contribution in [1.29, 1.82) is 0 Å². The summed E-state index contributed by atoms with van der Waals surface area (Å²) in [6, 6.07) is 14.5. The van der Waals surface area contributed by atoms with E-state index in [4.69, 9.17) is 28.9 Å². The lowest BCUT2D eigenvalue weighted by molar-refractivity contribution is -0.117. The zero-order valence-corrected chi connectivity index (χ0v) is 12.2. The Balaban J connectivity index is 2.32. The van der Waals surface area contributed by atoms with E-state index in [0.717, 1.165) is 10.5 Å². The van der Waals surface area contributed by atoms with Crippen molar-refractivity contribution in [2.24, 2.45) is 5.73 Å². The Bertz CT molecular complexity index is 589. The first-order chi connectivity index (χ1) is 9.08. The Hall–Kier alpha value is -1.16. The number of benzene rings is 2. The number of hydrogen-bond acceptors (Lipinski definition) is 2. The molecule has 2 nitrogen and oxygen atoms in total. The molecule has 0 fully saturated rings. The van der Waals surface area contributed by atoms with E-state index in [2.05, 4.69) is 0 Å². The molecule has 0 aliphatic carbocycles. The molecule has 0 bridgehead atoms. The molecule has 1 amide bonds. The van der Waals surface area contributed by atoms with E-state index < -0.39 is 11.2 Å². The fourth-order valence-corrected chi connectivity index (χ4v) is 3.14. The van der Waals surface area contributed by atoms with Crippen LogP contribution in [0, 0.1) is 0 Å². The summed E-state index contributed by atoms with van der Waals surface area (Å²) in [5, 5.41) is 0.636. The molecule has 1 unspecified atom stereocenters. The van der Waals surface area contributed by atoms with Gasteiger partial charge in [-0.2, -0.15) is 0 Å². The number of thioether (sulfide) groups is 1. The van der Waals surface area contributed by atoms with E-state index in [1.807, 2.05) is 30.3 Å². The van der Waals surface area contributed by atoms with Gasteiger partial charge in [0.25, 0.3) is 0 Å². The molecule has 2 N–H and O–H groups in total. The first kappa shape index (κ1) is 14.3. The molecule has 0 saturated heterocycles. The summed E-state index contributed by atoms with van der Waals surface area (Å²) >= 11 is 13.3. The molecule has 0 aromatic heterocycles. The topological polar surface area (TPSA) is 43.1 Å². The van der Waals surface area contributed by atoms with E-state index in [9.17, 15) is 4.79 Å². The van der Waals surface area contributed by atoms with Crippen LogP contribution >= 0.6 is 35.0 Å². The minimum atomic E-state index is -0.489. The second-order valence-corrected chi connectivity index (χ2v) is 5.88. The van der Waals surface area contributed by atoms with Gasteiger partial charge in [0.1, 0.15) is 5.25 Å². The molecule has 2 aromatic carbocycles. The Morgan fingerprint density at radius 1 is 1.11 bits per heavy atom. The van der Waals surface area contributed by atoms with Crippen LogP contribution in [0.4, 0.5) is 0 Å². The van der Waals surface area contributed by atoms with Gasteiger partial charge in [-0.05, 0) is 23.8 Å². The van der Waals surface area contributed by atoms with Crippen LogP contribution in [0.2, 0.25) is 10.0 Å². The van der Waals surface area contributed by atoms with Crippen molar-refractivity contribution in [3.05, 3.63) is 64.1 Å². The number of carbonyl (C=O) groups excluding carboxylic acids is 1. The van der Waals surface area contributed by atoms with E-state index in [0.29, 0.717) is 10.0 Å². The third kappa shape index (κ3) is 3.66. The fraction of sp³-hybridized carbons (Fsp3) is 0.0714. The summed E-state index contributed by atoms with van der Waals surface area (Å²) in [6.07, 6.45) is 0. The molecule has 2 aromatic rings. The highest BCUT2D eigenvalue weighted by Crippen LogP contribution is 2.39. The first-order valence-electron chi connectivity index (χ1n) is 5.54.